The smallest absolute Gasteiger partial charge is 0.256 e. The van der Waals surface area contributed by atoms with Crippen LogP contribution in [-0.2, 0) is 0 Å². The van der Waals surface area contributed by atoms with Crippen LogP contribution in [0.25, 0.3) is 22.3 Å². The second-order valence-corrected chi connectivity index (χ2v) is 8.23. The second-order valence-electron chi connectivity index (χ2n) is 8.23. The molecule has 2 aromatic carbocycles. The third-order valence-corrected chi connectivity index (χ3v) is 5.57. The quantitative estimate of drug-likeness (QED) is 0.470. The SMILES string of the molecule is CC(C)n1ncc2c(C(=O)Nc3ccc(C(N)=O)cc3)cc(-c3ccc4c(c3)OCCO4)nc21. The number of amides is 2. The van der Waals surface area contributed by atoms with Crippen molar-refractivity contribution in [1.29, 1.82) is 0 Å². The van der Waals surface area contributed by atoms with Crippen molar-refractivity contribution >= 4 is 28.5 Å². The predicted molar refractivity (Wildman–Crippen MR) is 127 cm³/mol. The summed E-state index contributed by atoms with van der Waals surface area (Å²) in [6.07, 6.45) is 1.65. The Hall–Kier alpha value is -4.40. The normalized spacial score (nSPS) is 12.7. The van der Waals surface area contributed by atoms with E-state index in [1.165, 1.54) is 0 Å². The molecule has 2 aromatic heterocycles. The van der Waals surface area contributed by atoms with Crippen LogP contribution in [0.4, 0.5) is 5.69 Å². The van der Waals surface area contributed by atoms with Crippen molar-refractivity contribution in [3.63, 3.8) is 0 Å². The van der Waals surface area contributed by atoms with E-state index < -0.39 is 5.91 Å². The zero-order chi connectivity index (χ0) is 23.8. The maximum absolute atomic E-state index is 13.3. The first kappa shape index (κ1) is 21.4. The van der Waals surface area contributed by atoms with Gasteiger partial charge in [0.25, 0.3) is 5.91 Å². The number of fused-ring (bicyclic) bond motifs is 2. The molecule has 0 saturated carbocycles. The number of anilines is 1. The molecule has 0 atom stereocenters. The number of rotatable bonds is 5. The number of primary amides is 1. The fourth-order valence-corrected chi connectivity index (χ4v) is 3.85. The molecule has 1 aliphatic heterocycles. The van der Waals surface area contributed by atoms with E-state index in [9.17, 15) is 9.59 Å². The van der Waals surface area contributed by atoms with Crippen LogP contribution in [0.1, 0.15) is 40.6 Å². The number of benzene rings is 2. The first-order valence-electron chi connectivity index (χ1n) is 10.9. The highest BCUT2D eigenvalue weighted by atomic mass is 16.6. The van der Waals surface area contributed by atoms with Gasteiger partial charge in [-0.05, 0) is 62.4 Å². The van der Waals surface area contributed by atoms with Crippen molar-refractivity contribution in [2.24, 2.45) is 5.73 Å². The number of carbonyl (C=O) groups is 2. The summed E-state index contributed by atoms with van der Waals surface area (Å²) in [5, 5.41) is 7.98. The van der Waals surface area contributed by atoms with Gasteiger partial charge in [0, 0.05) is 22.9 Å². The minimum atomic E-state index is -0.529. The Labute approximate surface area is 195 Å². The number of nitrogens with zero attached hydrogens (tertiary/aromatic N) is 3. The Morgan fingerprint density at radius 2 is 1.76 bits per heavy atom. The van der Waals surface area contributed by atoms with Crippen LogP contribution in [0, 0.1) is 0 Å². The molecule has 0 aliphatic carbocycles. The first-order valence-corrected chi connectivity index (χ1v) is 10.9. The summed E-state index contributed by atoms with van der Waals surface area (Å²) < 4.78 is 13.1. The van der Waals surface area contributed by atoms with Crippen molar-refractivity contribution in [3.8, 4) is 22.8 Å². The number of aromatic nitrogens is 3. The van der Waals surface area contributed by atoms with Crippen molar-refractivity contribution < 1.29 is 19.1 Å². The highest BCUT2D eigenvalue weighted by Gasteiger charge is 2.20. The van der Waals surface area contributed by atoms with E-state index in [1.807, 2.05) is 32.0 Å². The number of hydrogen-bond acceptors (Lipinski definition) is 6. The second kappa shape index (κ2) is 8.51. The van der Waals surface area contributed by atoms with Crippen LogP contribution < -0.4 is 20.5 Å². The molecule has 0 fully saturated rings. The molecule has 0 unspecified atom stereocenters. The van der Waals surface area contributed by atoms with Gasteiger partial charge in [0.1, 0.15) is 13.2 Å². The minimum Gasteiger partial charge on any atom is -0.486 e. The van der Waals surface area contributed by atoms with E-state index in [1.54, 1.807) is 41.2 Å². The van der Waals surface area contributed by atoms with Crippen molar-refractivity contribution in [3.05, 3.63) is 65.9 Å². The van der Waals surface area contributed by atoms with Gasteiger partial charge >= 0.3 is 0 Å². The summed E-state index contributed by atoms with van der Waals surface area (Å²) in [5.41, 5.74) is 8.65. The summed E-state index contributed by atoms with van der Waals surface area (Å²) in [7, 11) is 0. The van der Waals surface area contributed by atoms with Crippen LogP contribution in [-0.4, -0.2) is 39.8 Å². The lowest BCUT2D eigenvalue weighted by atomic mass is 10.1. The molecule has 5 rings (SSSR count). The monoisotopic (exact) mass is 457 g/mol. The van der Waals surface area contributed by atoms with Crippen molar-refractivity contribution in [2.75, 3.05) is 18.5 Å². The third kappa shape index (κ3) is 3.92. The van der Waals surface area contributed by atoms with Gasteiger partial charge in [-0.2, -0.15) is 5.10 Å². The van der Waals surface area contributed by atoms with Gasteiger partial charge in [-0.25, -0.2) is 9.67 Å². The van der Waals surface area contributed by atoms with E-state index in [0.717, 1.165) is 5.56 Å². The highest BCUT2D eigenvalue weighted by Crippen LogP contribution is 2.35. The molecule has 2 amide bonds. The van der Waals surface area contributed by atoms with Gasteiger partial charge in [0.05, 0.1) is 22.8 Å². The molecular formula is C25H23N5O4. The zero-order valence-electron chi connectivity index (χ0n) is 18.7. The maximum Gasteiger partial charge on any atom is 0.256 e. The lowest BCUT2D eigenvalue weighted by Crippen LogP contribution is -2.15. The topological polar surface area (TPSA) is 121 Å². The molecule has 34 heavy (non-hydrogen) atoms. The van der Waals surface area contributed by atoms with Gasteiger partial charge in [0.2, 0.25) is 5.91 Å². The van der Waals surface area contributed by atoms with Crippen LogP contribution >= 0.6 is 0 Å². The molecule has 172 valence electrons. The number of hydrogen-bond donors (Lipinski definition) is 2. The van der Waals surface area contributed by atoms with Gasteiger partial charge in [0.15, 0.2) is 17.1 Å². The van der Waals surface area contributed by atoms with Crippen LogP contribution in [0.5, 0.6) is 11.5 Å². The van der Waals surface area contributed by atoms with Crippen LogP contribution in [0.2, 0.25) is 0 Å². The Morgan fingerprint density at radius 3 is 2.47 bits per heavy atom. The zero-order valence-corrected chi connectivity index (χ0v) is 18.7. The van der Waals surface area contributed by atoms with Crippen LogP contribution in [0.3, 0.4) is 0 Å². The molecule has 3 N–H and O–H groups in total. The molecule has 0 bridgehead atoms. The fraction of sp³-hybridized carbons (Fsp3) is 0.200. The molecule has 3 heterocycles. The predicted octanol–water partition coefficient (Wildman–Crippen LogP) is 3.80. The number of nitrogens with one attached hydrogen (secondary N) is 1. The Kier molecular flexibility index (Phi) is 5.37. The van der Waals surface area contributed by atoms with E-state index in [4.69, 9.17) is 20.2 Å². The summed E-state index contributed by atoms with van der Waals surface area (Å²) in [4.78, 5) is 29.5. The van der Waals surface area contributed by atoms with Crippen molar-refractivity contribution in [1.82, 2.24) is 14.8 Å². The number of nitrogens with two attached hydrogens (primary N) is 1. The van der Waals surface area contributed by atoms with Crippen molar-refractivity contribution in [2.45, 2.75) is 19.9 Å². The highest BCUT2D eigenvalue weighted by molar-refractivity contribution is 6.12. The molecule has 0 radical (unpaired) electrons. The molecular weight excluding hydrogens is 434 g/mol. The number of carbonyl (C=O) groups excluding carboxylic acids is 2. The lowest BCUT2D eigenvalue weighted by Gasteiger charge is -2.19. The molecule has 0 spiro atoms. The largest absolute Gasteiger partial charge is 0.486 e. The molecule has 4 aromatic rings. The number of pyridine rings is 1. The molecule has 0 saturated heterocycles. The average Bonchev–Trinajstić information content (AvgIpc) is 3.28. The average molecular weight is 457 g/mol. The Morgan fingerprint density at radius 1 is 1.03 bits per heavy atom. The summed E-state index contributed by atoms with van der Waals surface area (Å²) >= 11 is 0. The molecule has 9 nitrogen and oxygen atoms in total. The van der Waals surface area contributed by atoms with Gasteiger partial charge < -0.3 is 20.5 Å². The van der Waals surface area contributed by atoms with E-state index >= 15 is 0 Å². The summed E-state index contributed by atoms with van der Waals surface area (Å²) in [6.45, 7) is 5.00. The third-order valence-electron chi connectivity index (χ3n) is 5.57. The number of ether oxygens (including phenoxy) is 2. The maximum atomic E-state index is 13.3. The van der Waals surface area contributed by atoms with Crippen LogP contribution in [0.15, 0.2) is 54.7 Å². The Balaban J connectivity index is 1.58. The standard InChI is InChI=1S/C25H23N5O4/c1-14(2)30-24-19(13-27-30)18(25(32)28-17-6-3-15(4-7-17)23(26)31)12-20(29-24)16-5-8-21-22(11-16)34-10-9-33-21/h3-8,11-14H,9-10H2,1-2H3,(H2,26,31)(H,28,32). The minimum absolute atomic E-state index is 0.0535. The fourth-order valence-electron chi connectivity index (χ4n) is 3.85. The van der Waals surface area contributed by atoms with Gasteiger partial charge in [-0.15, -0.1) is 0 Å². The van der Waals surface area contributed by atoms with E-state index in [2.05, 4.69) is 10.4 Å². The summed E-state index contributed by atoms with van der Waals surface area (Å²) in [5.74, 6) is 0.476. The molecule has 1 aliphatic rings. The Bertz CT molecular complexity index is 1410. The van der Waals surface area contributed by atoms with E-state index in [-0.39, 0.29) is 11.9 Å². The van der Waals surface area contributed by atoms with Gasteiger partial charge in [-0.1, -0.05) is 0 Å². The first-order chi connectivity index (χ1) is 16.4. The molecule has 9 heteroatoms. The van der Waals surface area contributed by atoms with Gasteiger partial charge in [-0.3, -0.25) is 9.59 Å². The summed E-state index contributed by atoms with van der Waals surface area (Å²) in [6, 6.07) is 13.8. The lowest BCUT2D eigenvalue weighted by molar-refractivity contribution is 0.0998. The van der Waals surface area contributed by atoms with E-state index in [0.29, 0.717) is 58.3 Å².